The van der Waals surface area contributed by atoms with Crippen LogP contribution in [0, 0.1) is 11.8 Å². The van der Waals surface area contributed by atoms with Gasteiger partial charge in [0, 0.05) is 13.2 Å². The molecule has 4 heteroatoms. The fraction of sp³-hybridized carbons (Fsp3) is 0.900. The maximum absolute atomic E-state index is 11.3. The molecule has 2 N–H and O–H groups in total. The summed E-state index contributed by atoms with van der Waals surface area (Å²) in [6.07, 6.45) is 2.19. The predicted octanol–water partition coefficient (Wildman–Crippen LogP) is 0.156. The van der Waals surface area contributed by atoms with Crippen LogP contribution in [0.4, 0.5) is 0 Å². The van der Waals surface area contributed by atoms with E-state index in [2.05, 4.69) is 5.32 Å². The number of methoxy groups -OCH3 is 1. The molecular formula is C10H19NO3. The van der Waals surface area contributed by atoms with Crippen molar-refractivity contribution >= 4 is 5.97 Å². The van der Waals surface area contributed by atoms with Crippen LogP contribution in [-0.2, 0) is 9.53 Å². The summed E-state index contributed by atoms with van der Waals surface area (Å²) in [4.78, 5) is 11.3. The number of ether oxygens (including phenoxy) is 1. The molecule has 1 fully saturated rings. The number of hydrogen-bond donors (Lipinski definition) is 2. The molecule has 0 aromatic carbocycles. The molecule has 0 aromatic rings. The van der Waals surface area contributed by atoms with E-state index in [1.165, 1.54) is 7.11 Å². The number of carbonyl (C=O) groups is 1. The van der Waals surface area contributed by atoms with Crippen LogP contribution in [0.15, 0.2) is 0 Å². The lowest BCUT2D eigenvalue weighted by molar-refractivity contribution is -0.143. The average Bonchev–Trinajstić information content (AvgIpc) is 3.01. The minimum Gasteiger partial charge on any atom is -0.468 e. The first-order chi connectivity index (χ1) is 6.69. The molecule has 0 spiro atoms. The minimum atomic E-state index is -0.183. The van der Waals surface area contributed by atoms with E-state index in [0.29, 0.717) is 12.5 Å². The number of rotatable bonds is 6. The van der Waals surface area contributed by atoms with Crippen molar-refractivity contribution in [3.63, 3.8) is 0 Å². The van der Waals surface area contributed by atoms with E-state index in [1.807, 2.05) is 6.92 Å². The molecule has 0 bridgehead atoms. The van der Waals surface area contributed by atoms with Gasteiger partial charge in [-0.1, -0.05) is 6.92 Å². The molecule has 0 saturated heterocycles. The van der Waals surface area contributed by atoms with Gasteiger partial charge >= 0.3 is 5.97 Å². The molecule has 14 heavy (non-hydrogen) atoms. The zero-order valence-corrected chi connectivity index (χ0v) is 8.82. The van der Waals surface area contributed by atoms with Gasteiger partial charge in [-0.25, -0.2) is 0 Å². The number of aliphatic hydroxyl groups is 1. The Morgan fingerprint density at radius 1 is 1.64 bits per heavy atom. The van der Waals surface area contributed by atoms with Gasteiger partial charge in [0.25, 0.3) is 0 Å². The van der Waals surface area contributed by atoms with Crippen LogP contribution in [0.3, 0.4) is 0 Å². The van der Waals surface area contributed by atoms with E-state index in [4.69, 9.17) is 9.84 Å². The Balaban J connectivity index is 2.32. The topological polar surface area (TPSA) is 58.6 Å². The third-order valence-corrected chi connectivity index (χ3v) is 2.55. The summed E-state index contributed by atoms with van der Waals surface area (Å²) in [5, 5.41) is 12.0. The normalized spacial score (nSPS) is 20.2. The first-order valence-corrected chi connectivity index (χ1v) is 5.11. The maximum atomic E-state index is 11.3. The van der Waals surface area contributed by atoms with E-state index in [-0.39, 0.29) is 24.5 Å². The lowest BCUT2D eigenvalue weighted by Crippen LogP contribution is -2.42. The fourth-order valence-corrected chi connectivity index (χ4v) is 1.39. The largest absolute Gasteiger partial charge is 0.468 e. The van der Waals surface area contributed by atoms with Crippen molar-refractivity contribution in [2.75, 3.05) is 20.3 Å². The highest BCUT2D eigenvalue weighted by Crippen LogP contribution is 2.33. The summed E-state index contributed by atoms with van der Waals surface area (Å²) in [6.45, 7) is 2.74. The zero-order chi connectivity index (χ0) is 10.6. The highest BCUT2D eigenvalue weighted by Gasteiger charge is 2.36. The zero-order valence-electron chi connectivity index (χ0n) is 8.82. The van der Waals surface area contributed by atoms with Crippen LogP contribution in [0.5, 0.6) is 0 Å². The van der Waals surface area contributed by atoms with Crippen molar-refractivity contribution < 1.29 is 14.6 Å². The first-order valence-electron chi connectivity index (χ1n) is 5.11. The molecule has 0 amide bonds. The Labute approximate surface area is 84.6 Å². The average molecular weight is 201 g/mol. The van der Waals surface area contributed by atoms with Gasteiger partial charge in [0.05, 0.1) is 7.11 Å². The molecule has 0 heterocycles. The summed E-state index contributed by atoms with van der Waals surface area (Å²) < 4.78 is 4.72. The van der Waals surface area contributed by atoms with Crippen LogP contribution >= 0.6 is 0 Å². The van der Waals surface area contributed by atoms with Crippen molar-refractivity contribution in [3.05, 3.63) is 0 Å². The molecule has 1 aliphatic carbocycles. The van der Waals surface area contributed by atoms with Gasteiger partial charge in [0.15, 0.2) is 0 Å². The number of hydrogen-bond acceptors (Lipinski definition) is 4. The lowest BCUT2D eigenvalue weighted by atomic mass is 10.1. The molecule has 1 saturated carbocycles. The number of esters is 1. The standard InChI is InChI=1S/C10H19NO3/c1-7(6-12)5-11-9(8-3-4-8)10(13)14-2/h7-9,11-12H,3-6H2,1-2H3. The summed E-state index contributed by atoms with van der Waals surface area (Å²) in [5.74, 6) is 0.437. The summed E-state index contributed by atoms with van der Waals surface area (Å²) >= 11 is 0. The second-order valence-corrected chi connectivity index (χ2v) is 4.03. The van der Waals surface area contributed by atoms with Crippen LogP contribution < -0.4 is 5.32 Å². The number of aliphatic hydroxyl groups excluding tert-OH is 1. The van der Waals surface area contributed by atoms with Crippen molar-refractivity contribution in [1.29, 1.82) is 0 Å². The molecule has 2 unspecified atom stereocenters. The van der Waals surface area contributed by atoms with Gasteiger partial charge < -0.3 is 15.2 Å². The highest BCUT2D eigenvalue weighted by atomic mass is 16.5. The minimum absolute atomic E-state index is 0.144. The molecule has 1 aliphatic rings. The molecule has 0 aliphatic heterocycles. The van der Waals surface area contributed by atoms with Crippen LogP contribution in [0.25, 0.3) is 0 Å². The van der Waals surface area contributed by atoms with Crippen LogP contribution in [0.2, 0.25) is 0 Å². The molecule has 1 rings (SSSR count). The molecule has 82 valence electrons. The van der Waals surface area contributed by atoms with E-state index in [0.717, 1.165) is 12.8 Å². The van der Waals surface area contributed by atoms with E-state index < -0.39 is 0 Å². The predicted molar refractivity (Wildman–Crippen MR) is 52.8 cm³/mol. The highest BCUT2D eigenvalue weighted by molar-refractivity contribution is 5.76. The fourth-order valence-electron chi connectivity index (χ4n) is 1.39. The molecule has 2 atom stereocenters. The Kier molecular flexibility index (Phi) is 4.35. The Morgan fingerprint density at radius 2 is 2.29 bits per heavy atom. The van der Waals surface area contributed by atoms with Gasteiger partial charge in [0.2, 0.25) is 0 Å². The van der Waals surface area contributed by atoms with Crippen LogP contribution in [-0.4, -0.2) is 37.4 Å². The van der Waals surface area contributed by atoms with E-state index in [9.17, 15) is 4.79 Å². The van der Waals surface area contributed by atoms with Gasteiger partial charge in [-0.3, -0.25) is 4.79 Å². The van der Waals surface area contributed by atoms with Gasteiger partial charge in [-0.05, 0) is 24.7 Å². The summed E-state index contributed by atoms with van der Waals surface area (Å²) in [7, 11) is 1.41. The first kappa shape index (κ1) is 11.5. The Hall–Kier alpha value is -0.610. The van der Waals surface area contributed by atoms with Crippen molar-refractivity contribution in [1.82, 2.24) is 5.32 Å². The number of carbonyl (C=O) groups excluding carboxylic acids is 1. The second kappa shape index (κ2) is 5.32. The maximum Gasteiger partial charge on any atom is 0.323 e. The third-order valence-electron chi connectivity index (χ3n) is 2.55. The van der Waals surface area contributed by atoms with E-state index >= 15 is 0 Å². The molecule has 0 radical (unpaired) electrons. The van der Waals surface area contributed by atoms with Crippen molar-refractivity contribution in [2.24, 2.45) is 11.8 Å². The monoisotopic (exact) mass is 201 g/mol. The van der Waals surface area contributed by atoms with Crippen molar-refractivity contribution in [2.45, 2.75) is 25.8 Å². The smallest absolute Gasteiger partial charge is 0.323 e. The Morgan fingerprint density at radius 3 is 2.71 bits per heavy atom. The second-order valence-electron chi connectivity index (χ2n) is 4.03. The van der Waals surface area contributed by atoms with Gasteiger partial charge in [0.1, 0.15) is 6.04 Å². The van der Waals surface area contributed by atoms with Crippen molar-refractivity contribution in [3.8, 4) is 0 Å². The lowest BCUT2D eigenvalue weighted by Gasteiger charge is -2.17. The van der Waals surface area contributed by atoms with E-state index in [1.54, 1.807) is 0 Å². The summed E-state index contributed by atoms with van der Waals surface area (Å²) in [5.41, 5.74) is 0. The third kappa shape index (κ3) is 3.27. The SMILES string of the molecule is COC(=O)C(NCC(C)CO)C1CC1. The molecule has 0 aromatic heterocycles. The molecular weight excluding hydrogens is 182 g/mol. The van der Waals surface area contributed by atoms with Crippen LogP contribution in [0.1, 0.15) is 19.8 Å². The number of nitrogens with one attached hydrogen (secondary N) is 1. The van der Waals surface area contributed by atoms with Gasteiger partial charge in [-0.2, -0.15) is 0 Å². The molecule has 4 nitrogen and oxygen atoms in total. The van der Waals surface area contributed by atoms with Gasteiger partial charge in [-0.15, -0.1) is 0 Å². The quantitative estimate of drug-likeness (QED) is 0.601. The summed E-state index contributed by atoms with van der Waals surface area (Å²) in [6, 6.07) is -0.172. The Bertz CT molecular complexity index is 192.